The SMILES string of the molecule is COc1ccc(CNc2nc(NCCNC(N)=O)nc3ccccc23)cc1. The Morgan fingerprint density at radius 3 is 2.56 bits per heavy atom. The second-order valence-corrected chi connectivity index (χ2v) is 5.83. The molecule has 0 atom stereocenters. The van der Waals surface area contributed by atoms with Crippen LogP contribution in [0.3, 0.4) is 0 Å². The fraction of sp³-hybridized carbons (Fsp3) is 0.211. The van der Waals surface area contributed by atoms with Crippen molar-refractivity contribution in [1.82, 2.24) is 15.3 Å². The fourth-order valence-corrected chi connectivity index (χ4v) is 2.58. The van der Waals surface area contributed by atoms with Gasteiger partial charge in [-0.05, 0) is 29.8 Å². The normalized spacial score (nSPS) is 10.4. The van der Waals surface area contributed by atoms with Gasteiger partial charge in [-0.2, -0.15) is 4.98 Å². The average molecular weight is 366 g/mol. The fourth-order valence-electron chi connectivity index (χ4n) is 2.58. The number of anilines is 2. The van der Waals surface area contributed by atoms with Crippen molar-refractivity contribution < 1.29 is 9.53 Å². The van der Waals surface area contributed by atoms with Gasteiger partial charge in [-0.25, -0.2) is 9.78 Å². The molecule has 3 aromatic rings. The average Bonchev–Trinajstić information content (AvgIpc) is 2.69. The van der Waals surface area contributed by atoms with E-state index in [0.29, 0.717) is 25.6 Å². The number of benzene rings is 2. The highest BCUT2D eigenvalue weighted by Gasteiger charge is 2.07. The summed E-state index contributed by atoms with van der Waals surface area (Å²) in [5.41, 5.74) is 7.00. The number of nitrogens with two attached hydrogens (primary N) is 1. The Morgan fingerprint density at radius 1 is 1.04 bits per heavy atom. The lowest BCUT2D eigenvalue weighted by Crippen LogP contribution is -2.33. The van der Waals surface area contributed by atoms with E-state index in [9.17, 15) is 4.79 Å². The highest BCUT2D eigenvalue weighted by molar-refractivity contribution is 5.90. The molecule has 2 amide bonds. The van der Waals surface area contributed by atoms with Gasteiger partial charge in [0.15, 0.2) is 0 Å². The van der Waals surface area contributed by atoms with Gasteiger partial charge in [0.25, 0.3) is 0 Å². The number of carbonyl (C=O) groups is 1. The Morgan fingerprint density at radius 2 is 1.81 bits per heavy atom. The molecular formula is C19H22N6O2. The Kier molecular flexibility index (Phi) is 5.88. The third-order valence-corrected chi connectivity index (χ3v) is 3.93. The summed E-state index contributed by atoms with van der Waals surface area (Å²) in [5.74, 6) is 2.04. The predicted octanol–water partition coefficient (Wildman–Crippen LogP) is 2.33. The number of methoxy groups -OCH3 is 1. The molecule has 0 aliphatic rings. The number of nitrogens with one attached hydrogen (secondary N) is 3. The standard InChI is InChI=1S/C19H22N6O2/c1-27-14-8-6-13(7-9-14)12-23-17-15-4-2-3-5-16(15)24-19(25-17)22-11-10-21-18(20)26/h2-9H,10-12H2,1H3,(H3,20,21,26)(H2,22,23,24,25). The molecule has 8 nitrogen and oxygen atoms in total. The minimum Gasteiger partial charge on any atom is -0.497 e. The van der Waals surface area contributed by atoms with Gasteiger partial charge < -0.3 is 26.4 Å². The van der Waals surface area contributed by atoms with E-state index in [-0.39, 0.29) is 0 Å². The molecule has 1 heterocycles. The van der Waals surface area contributed by atoms with Crippen LogP contribution in [0.5, 0.6) is 5.75 Å². The molecule has 0 aliphatic carbocycles. The maximum Gasteiger partial charge on any atom is 0.312 e. The zero-order valence-electron chi connectivity index (χ0n) is 15.0. The van der Waals surface area contributed by atoms with Crippen LogP contribution in [0.4, 0.5) is 16.6 Å². The number of urea groups is 1. The highest BCUT2D eigenvalue weighted by Crippen LogP contribution is 2.22. The molecule has 0 saturated carbocycles. The van der Waals surface area contributed by atoms with Crippen LogP contribution in [-0.4, -0.2) is 36.2 Å². The van der Waals surface area contributed by atoms with Crippen molar-refractivity contribution >= 4 is 28.7 Å². The number of aromatic nitrogens is 2. The van der Waals surface area contributed by atoms with Crippen LogP contribution in [0.1, 0.15) is 5.56 Å². The van der Waals surface area contributed by atoms with E-state index >= 15 is 0 Å². The number of para-hydroxylation sites is 1. The molecule has 8 heteroatoms. The lowest BCUT2D eigenvalue weighted by Gasteiger charge is -2.12. The van der Waals surface area contributed by atoms with E-state index in [1.807, 2.05) is 48.5 Å². The monoisotopic (exact) mass is 366 g/mol. The summed E-state index contributed by atoms with van der Waals surface area (Å²) >= 11 is 0. The van der Waals surface area contributed by atoms with Crippen LogP contribution in [0.25, 0.3) is 10.9 Å². The summed E-state index contributed by atoms with van der Waals surface area (Å²) in [5, 5.41) is 9.92. The highest BCUT2D eigenvalue weighted by atomic mass is 16.5. The molecule has 0 fully saturated rings. The Hall–Kier alpha value is -3.55. The molecular weight excluding hydrogens is 344 g/mol. The number of fused-ring (bicyclic) bond motifs is 1. The van der Waals surface area contributed by atoms with Crippen molar-refractivity contribution in [1.29, 1.82) is 0 Å². The summed E-state index contributed by atoms with van der Waals surface area (Å²) in [4.78, 5) is 19.8. The number of ether oxygens (including phenoxy) is 1. The van der Waals surface area contributed by atoms with Crippen LogP contribution in [0.15, 0.2) is 48.5 Å². The molecule has 0 bridgehead atoms. The van der Waals surface area contributed by atoms with Crippen molar-refractivity contribution in [3.8, 4) is 5.75 Å². The summed E-state index contributed by atoms with van der Waals surface area (Å²) < 4.78 is 5.18. The second kappa shape index (κ2) is 8.70. The van der Waals surface area contributed by atoms with Crippen LogP contribution in [0.2, 0.25) is 0 Å². The molecule has 0 radical (unpaired) electrons. The predicted molar refractivity (Wildman–Crippen MR) is 106 cm³/mol. The molecule has 3 rings (SSSR count). The summed E-state index contributed by atoms with van der Waals surface area (Å²) in [6.07, 6.45) is 0. The minimum absolute atomic E-state index is 0.389. The van der Waals surface area contributed by atoms with E-state index in [4.69, 9.17) is 10.5 Å². The van der Waals surface area contributed by atoms with Gasteiger partial charge >= 0.3 is 6.03 Å². The van der Waals surface area contributed by atoms with Gasteiger partial charge in [0.1, 0.15) is 11.6 Å². The molecule has 1 aromatic heterocycles. The summed E-state index contributed by atoms with van der Waals surface area (Å²) in [6.45, 7) is 1.48. The molecule has 0 aliphatic heterocycles. The summed E-state index contributed by atoms with van der Waals surface area (Å²) in [6, 6.07) is 15.1. The minimum atomic E-state index is -0.557. The first-order valence-electron chi connectivity index (χ1n) is 8.56. The van der Waals surface area contributed by atoms with E-state index < -0.39 is 6.03 Å². The van der Waals surface area contributed by atoms with Crippen molar-refractivity contribution in [2.75, 3.05) is 30.8 Å². The van der Waals surface area contributed by atoms with Crippen LogP contribution < -0.4 is 26.4 Å². The van der Waals surface area contributed by atoms with Gasteiger partial charge in [-0.3, -0.25) is 0 Å². The Bertz CT molecular complexity index is 914. The molecule has 140 valence electrons. The lowest BCUT2D eigenvalue weighted by atomic mass is 10.2. The number of carbonyl (C=O) groups excluding carboxylic acids is 1. The largest absolute Gasteiger partial charge is 0.497 e. The number of hydrogen-bond donors (Lipinski definition) is 4. The van der Waals surface area contributed by atoms with Crippen molar-refractivity contribution in [3.63, 3.8) is 0 Å². The van der Waals surface area contributed by atoms with Gasteiger partial charge in [0.05, 0.1) is 12.6 Å². The van der Waals surface area contributed by atoms with Gasteiger partial charge in [-0.1, -0.05) is 24.3 Å². The lowest BCUT2D eigenvalue weighted by molar-refractivity contribution is 0.249. The molecule has 0 saturated heterocycles. The van der Waals surface area contributed by atoms with Crippen LogP contribution >= 0.6 is 0 Å². The van der Waals surface area contributed by atoms with Gasteiger partial charge in [0.2, 0.25) is 5.95 Å². The van der Waals surface area contributed by atoms with Crippen molar-refractivity contribution in [3.05, 3.63) is 54.1 Å². The maximum atomic E-state index is 10.7. The van der Waals surface area contributed by atoms with E-state index in [1.165, 1.54) is 0 Å². The second-order valence-electron chi connectivity index (χ2n) is 5.83. The van der Waals surface area contributed by atoms with E-state index in [2.05, 4.69) is 25.9 Å². The number of rotatable bonds is 8. The summed E-state index contributed by atoms with van der Waals surface area (Å²) in [7, 11) is 1.65. The molecule has 0 spiro atoms. The van der Waals surface area contributed by atoms with E-state index in [0.717, 1.165) is 28.0 Å². The number of hydrogen-bond acceptors (Lipinski definition) is 6. The maximum absolute atomic E-state index is 10.7. The zero-order chi connectivity index (χ0) is 19.1. The molecule has 2 aromatic carbocycles. The first-order valence-corrected chi connectivity index (χ1v) is 8.56. The Balaban J connectivity index is 1.74. The third kappa shape index (κ3) is 4.97. The first-order chi connectivity index (χ1) is 13.2. The van der Waals surface area contributed by atoms with Crippen molar-refractivity contribution in [2.24, 2.45) is 5.73 Å². The molecule has 5 N–H and O–H groups in total. The molecule has 0 unspecified atom stereocenters. The van der Waals surface area contributed by atoms with Gasteiger partial charge in [-0.15, -0.1) is 0 Å². The Labute approximate surface area is 157 Å². The van der Waals surface area contributed by atoms with Gasteiger partial charge in [0, 0.05) is 25.0 Å². The van der Waals surface area contributed by atoms with Crippen LogP contribution in [-0.2, 0) is 6.54 Å². The molecule has 27 heavy (non-hydrogen) atoms. The number of nitrogens with zero attached hydrogens (tertiary/aromatic N) is 2. The topological polar surface area (TPSA) is 114 Å². The number of amides is 2. The zero-order valence-corrected chi connectivity index (χ0v) is 15.0. The third-order valence-electron chi connectivity index (χ3n) is 3.93. The number of primary amides is 1. The van der Waals surface area contributed by atoms with Crippen molar-refractivity contribution in [2.45, 2.75) is 6.54 Å². The smallest absolute Gasteiger partial charge is 0.312 e. The first kappa shape index (κ1) is 18.2. The quantitative estimate of drug-likeness (QED) is 0.455. The van der Waals surface area contributed by atoms with Crippen LogP contribution in [0, 0.1) is 0 Å². The van der Waals surface area contributed by atoms with E-state index in [1.54, 1.807) is 7.11 Å².